The van der Waals surface area contributed by atoms with Crippen LogP contribution in [0.25, 0.3) is 27.9 Å². The number of rotatable bonds is 3. The van der Waals surface area contributed by atoms with Gasteiger partial charge in [0.15, 0.2) is 5.60 Å². The first kappa shape index (κ1) is 15.8. The van der Waals surface area contributed by atoms with E-state index in [2.05, 4.69) is 10.3 Å². The zero-order valence-corrected chi connectivity index (χ0v) is 14.7. The third-order valence-corrected chi connectivity index (χ3v) is 5.10. The van der Waals surface area contributed by atoms with Gasteiger partial charge in [0.25, 0.3) is 0 Å². The van der Waals surface area contributed by atoms with Crippen molar-refractivity contribution in [2.45, 2.75) is 5.60 Å². The first-order valence-electron chi connectivity index (χ1n) is 8.71. The van der Waals surface area contributed by atoms with Gasteiger partial charge in [-0.05, 0) is 23.3 Å². The van der Waals surface area contributed by atoms with Crippen LogP contribution in [0.3, 0.4) is 0 Å². The molecule has 1 aliphatic rings. The summed E-state index contributed by atoms with van der Waals surface area (Å²) in [6, 6.07) is 23.4. The van der Waals surface area contributed by atoms with Crippen LogP contribution in [-0.2, 0) is 10.3 Å². The van der Waals surface area contributed by atoms with Crippen LogP contribution in [-0.4, -0.2) is 27.2 Å². The summed E-state index contributed by atoms with van der Waals surface area (Å²) in [5.74, 6) is 0. The number of aliphatic hydroxyl groups is 1. The fourth-order valence-corrected chi connectivity index (χ4v) is 3.93. The first-order chi connectivity index (χ1) is 13.2. The zero-order chi connectivity index (χ0) is 18.4. The second-order valence-electron chi connectivity index (χ2n) is 6.53. The van der Waals surface area contributed by atoms with Crippen LogP contribution in [0.2, 0.25) is 0 Å². The number of fused-ring (bicyclic) bond motifs is 4. The maximum Gasteiger partial charge on any atom is 0.161 e. The Morgan fingerprint density at radius 3 is 2.19 bits per heavy atom. The summed E-state index contributed by atoms with van der Waals surface area (Å²) in [4.78, 5) is 0. The van der Waals surface area contributed by atoms with E-state index in [1.54, 1.807) is 18.1 Å². The predicted molar refractivity (Wildman–Crippen MR) is 104 cm³/mol. The fourth-order valence-electron chi connectivity index (χ4n) is 3.93. The number of methoxy groups -OCH3 is 1. The molecule has 27 heavy (non-hydrogen) atoms. The van der Waals surface area contributed by atoms with E-state index in [-0.39, 0.29) is 0 Å². The number of hydrogen-bond acceptors (Lipinski definition) is 4. The van der Waals surface area contributed by atoms with Crippen molar-refractivity contribution >= 4 is 16.7 Å². The van der Waals surface area contributed by atoms with E-state index < -0.39 is 5.60 Å². The summed E-state index contributed by atoms with van der Waals surface area (Å²) in [7, 11) is 1.56. The molecule has 132 valence electrons. The molecular formula is C22H17N3O2. The van der Waals surface area contributed by atoms with Crippen LogP contribution < -0.4 is 0 Å². The standard InChI is InChI=1S/C22H17N3O2/c1-27-14-21(25-20-13-7-6-12-19(20)23-24-25)22(26)17-10-4-2-8-15(17)16-9-3-5-11-18(16)22/h2-14,26H,1H3/b21-14+. The molecule has 0 aliphatic heterocycles. The molecule has 0 saturated carbocycles. The minimum atomic E-state index is -1.40. The molecular weight excluding hydrogens is 338 g/mol. The van der Waals surface area contributed by atoms with E-state index in [1.165, 1.54) is 0 Å². The van der Waals surface area contributed by atoms with E-state index >= 15 is 0 Å². The Morgan fingerprint density at radius 2 is 1.52 bits per heavy atom. The molecule has 0 radical (unpaired) electrons. The maximum absolute atomic E-state index is 12.1. The van der Waals surface area contributed by atoms with Gasteiger partial charge in [0, 0.05) is 11.1 Å². The van der Waals surface area contributed by atoms with Crippen molar-refractivity contribution in [3.8, 4) is 11.1 Å². The Hall–Kier alpha value is -3.44. The zero-order valence-electron chi connectivity index (χ0n) is 14.7. The van der Waals surface area contributed by atoms with Gasteiger partial charge in [-0.15, -0.1) is 5.10 Å². The van der Waals surface area contributed by atoms with Crippen molar-refractivity contribution in [1.82, 2.24) is 15.0 Å². The van der Waals surface area contributed by atoms with Crippen molar-refractivity contribution < 1.29 is 9.84 Å². The van der Waals surface area contributed by atoms with Gasteiger partial charge < -0.3 is 9.84 Å². The van der Waals surface area contributed by atoms with Crippen molar-refractivity contribution in [1.29, 1.82) is 0 Å². The lowest BCUT2D eigenvalue weighted by atomic mass is 9.88. The molecule has 5 nitrogen and oxygen atoms in total. The second-order valence-corrected chi connectivity index (χ2v) is 6.53. The molecule has 0 bridgehead atoms. The molecule has 1 N–H and O–H groups in total. The van der Waals surface area contributed by atoms with Crippen LogP contribution in [0, 0.1) is 0 Å². The monoisotopic (exact) mass is 355 g/mol. The highest BCUT2D eigenvalue weighted by Gasteiger charge is 2.46. The Kier molecular flexibility index (Phi) is 3.39. The molecule has 0 amide bonds. The largest absolute Gasteiger partial charge is 0.502 e. The van der Waals surface area contributed by atoms with Gasteiger partial charge in [-0.2, -0.15) is 0 Å². The van der Waals surface area contributed by atoms with E-state index in [9.17, 15) is 5.11 Å². The van der Waals surface area contributed by atoms with Gasteiger partial charge in [0.05, 0.1) is 12.6 Å². The highest BCUT2D eigenvalue weighted by molar-refractivity contribution is 5.88. The molecule has 3 aromatic carbocycles. The Balaban J connectivity index is 1.84. The smallest absolute Gasteiger partial charge is 0.161 e. The molecule has 1 aromatic heterocycles. The van der Waals surface area contributed by atoms with Gasteiger partial charge in [-0.1, -0.05) is 65.9 Å². The number of hydrogen-bond donors (Lipinski definition) is 1. The van der Waals surface area contributed by atoms with Crippen LogP contribution in [0.4, 0.5) is 0 Å². The summed E-state index contributed by atoms with van der Waals surface area (Å²) in [5, 5.41) is 20.6. The Morgan fingerprint density at radius 1 is 0.926 bits per heavy atom. The summed E-state index contributed by atoms with van der Waals surface area (Å²) in [6.07, 6.45) is 1.54. The quantitative estimate of drug-likeness (QED) is 0.568. The second kappa shape index (κ2) is 5.79. The van der Waals surface area contributed by atoms with Crippen molar-refractivity contribution in [3.63, 3.8) is 0 Å². The third kappa shape index (κ3) is 2.09. The minimum Gasteiger partial charge on any atom is -0.502 e. The van der Waals surface area contributed by atoms with Gasteiger partial charge in [0.2, 0.25) is 0 Å². The van der Waals surface area contributed by atoms with E-state index in [0.717, 1.165) is 33.3 Å². The summed E-state index contributed by atoms with van der Waals surface area (Å²) in [5.41, 5.74) is 4.25. The molecule has 0 saturated heterocycles. The lowest BCUT2D eigenvalue weighted by molar-refractivity contribution is 0.139. The molecule has 1 heterocycles. The van der Waals surface area contributed by atoms with E-state index in [4.69, 9.17) is 4.74 Å². The average molecular weight is 355 g/mol. The van der Waals surface area contributed by atoms with E-state index in [0.29, 0.717) is 5.70 Å². The lowest BCUT2D eigenvalue weighted by Crippen LogP contribution is -2.30. The number of benzene rings is 3. The molecule has 0 fully saturated rings. The van der Waals surface area contributed by atoms with Crippen LogP contribution in [0.1, 0.15) is 11.1 Å². The third-order valence-electron chi connectivity index (χ3n) is 5.10. The summed E-state index contributed by atoms with van der Waals surface area (Å²) in [6.45, 7) is 0. The SMILES string of the molecule is CO/C=C(/n1nnc2ccccc21)C1(O)c2ccccc2-c2ccccc21. The number of aromatic nitrogens is 3. The van der Waals surface area contributed by atoms with Gasteiger partial charge in [-0.3, -0.25) is 0 Å². The molecule has 5 rings (SSSR count). The first-order valence-corrected chi connectivity index (χ1v) is 8.71. The highest BCUT2D eigenvalue weighted by Crippen LogP contribution is 2.52. The number of para-hydroxylation sites is 1. The predicted octanol–water partition coefficient (Wildman–Crippen LogP) is 3.79. The van der Waals surface area contributed by atoms with Crippen LogP contribution in [0.15, 0.2) is 79.1 Å². The van der Waals surface area contributed by atoms with Crippen LogP contribution in [0.5, 0.6) is 0 Å². The maximum atomic E-state index is 12.1. The normalized spacial score (nSPS) is 14.8. The molecule has 0 unspecified atom stereocenters. The molecule has 5 heteroatoms. The molecule has 0 spiro atoms. The number of ether oxygens (including phenoxy) is 1. The molecule has 0 atom stereocenters. The summed E-state index contributed by atoms with van der Waals surface area (Å²) >= 11 is 0. The summed E-state index contributed by atoms with van der Waals surface area (Å²) < 4.78 is 7.02. The Bertz CT molecular complexity index is 1150. The van der Waals surface area contributed by atoms with Gasteiger partial charge in [0.1, 0.15) is 17.5 Å². The lowest BCUT2D eigenvalue weighted by Gasteiger charge is -2.28. The molecule has 4 aromatic rings. The fraction of sp³-hybridized carbons (Fsp3) is 0.0909. The average Bonchev–Trinajstić information content (AvgIpc) is 3.25. The van der Waals surface area contributed by atoms with Gasteiger partial charge in [-0.25, -0.2) is 4.68 Å². The van der Waals surface area contributed by atoms with Gasteiger partial charge >= 0.3 is 0 Å². The topological polar surface area (TPSA) is 60.2 Å². The molecule has 1 aliphatic carbocycles. The van der Waals surface area contributed by atoms with Crippen molar-refractivity contribution in [2.75, 3.05) is 7.11 Å². The van der Waals surface area contributed by atoms with Crippen molar-refractivity contribution in [2.24, 2.45) is 0 Å². The highest BCUT2D eigenvalue weighted by atomic mass is 16.5. The van der Waals surface area contributed by atoms with Crippen molar-refractivity contribution in [3.05, 3.63) is 90.2 Å². The minimum absolute atomic E-state index is 0.496. The van der Waals surface area contributed by atoms with E-state index in [1.807, 2.05) is 72.8 Å². The Labute approximate surface area is 156 Å². The number of nitrogens with zero attached hydrogens (tertiary/aromatic N) is 3. The van der Waals surface area contributed by atoms with Crippen LogP contribution >= 0.6 is 0 Å².